The molecule has 1 saturated carbocycles. The Hall–Kier alpha value is -0.480. The van der Waals surface area contributed by atoms with Gasteiger partial charge in [-0.1, -0.05) is 53.3 Å². The third-order valence-corrected chi connectivity index (χ3v) is 5.37. The molecule has 0 amide bonds. The lowest BCUT2D eigenvalue weighted by molar-refractivity contribution is -0.142. The van der Waals surface area contributed by atoms with Gasteiger partial charge in [-0.2, -0.15) is 0 Å². The summed E-state index contributed by atoms with van der Waals surface area (Å²) in [7, 11) is 0. The monoisotopic (exact) mass is 368 g/mol. The summed E-state index contributed by atoms with van der Waals surface area (Å²) in [5.41, 5.74) is 0.0538. The second-order valence-corrected chi connectivity index (χ2v) is 6.91. The van der Waals surface area contributed by atoms with Crippen molar-refractivity contribution in [3.05, 3.63) is 31.7 Å². The predicted octanol–water partition coefficient (Wildman–Crippen LogP) is 5.23. The third-order valence-electron chi connectivity index (χ3n) is 3.81. The van der Waals surface area contributed by atoms with Gasteiger partial charge in [0.2, 0.25) is 0 Å². The molecular formula is C14H12Cl4O3. The van der Waals surface area contributed by atoms with Gasteiger partial charge in [0.1, 0.15) is 0 Å². The predicted molar refractivity (Wildman–Crippen MR) is 83.8 cm³/mol. The molecule has 114 valence electrons. The van der Waals surface area contributed by atoms with Gasteiger partial charge in [0.15, 0.2) is 5.78 Å². The fraction of sp³-hybridized carbons (Fsp3) is 0.429. The van der Waals surface area contributed by atoms with E-state index in [4.69, 9.17) is 46.4 Å². The summed E-state index contributed by atoms with van der Waals surface area (Å²) in [5, 5.41) is 9.53. The summed E-state index contributed by atoms with van der Waals surface area (Å²) < 4.78 is 0. The first kappa shape index (κ1) is 16.9. The Kier molecular flexibility index (Phi) is 5.09. The number of carbonyl (C=O) groups is 2. The van der Waals surface area contributed by atoms with Crippen LogP contribution < -0.4 is 0 Å². The molecule has 0 spiro atoms. The van der Waals surface area contributed by atoms with Crippen molar-refractivity contribution in [2.24, 2.45) is 17.8 Å². The molecule has 0 radical (unpaired) electrons. The molecule has 21 heavy (non-hydrogen) atoms. The van der Waals surface area contributed by atoms with E-state index in [0.29, 0.717) is 12.8 Å². The van der Waals surface area contributed by atoms with Crippen LogP contribution in [-0.2, 0) is 4.79 Å². The fourth-order valence-corrected chi connectivity index (χ4v) is 3.93. The molecule has 0 saturated heterocycles. The number of halogens is 4. The van der Waals surface area contributed by atoms with Crippen LogP contribution in [0.15, 0.2) is 6.07 Å². The highest BCUT2D eigenvalue weighted by Gasteiger charge is 2.42. The second kappa shape index (κ2) is 6.33. The zero-order valence-electron chi connectivity index (χ0n) is 11.0. The topological polar surface area (TPSA) is 54.4 Å². The Labute approximate surface area is 142 Å². The number of aliphatic carboxylic acids is 1. The number of carboxylic acids is 1. The highest BCUT2D eigenvalue weighted by atomic mass is 35.5. The van der Waals surface area contributed by atoms with E-state index in [1.807, 2.05) is 6.92 Å². The number of rotatable bonds is 3. The average molecular weight is 370 g/mol. The van der Waals surface area contributed by atoms with Crippen LogP contribution in [0.2, 0.25) is 20.1 Å². The van der Waals surface area contributed by atoms with Crippen molar-refractivity contribution >= 4 is 58.2 Å². The summed E-state index contributed by atoms with van der Waals surface area (Å²) in [6.07, 6.45) is 0.949. The molecule has 0 aromatic heterocycles. The van der Waals surface area contributed by atoms with Crippen LogP contribution in [0.25, 0.3) is 0 Å². The molecule has 1 aliphatic rings. The lowest BCUT2D eigenvalue weighted by atomic mass is 9.88. The first-order chi connectivity index (χ1) is 9.73. The Balaban J connectivity index is 2.45. The summed E-state index contributed by atoms with van der Waals surface area (Å²) in [5.74, 6) is -2.59. The van der Waals surface area contributed by atoms with E-state index in [9.17, 15) is 14.7 Å². The van der Waals surface area contributed by atoms with Gasteiger partial charge in [0, 0.05) is 5.92 Å². The lowest BCUT2D eigenvalue weighted by Gasteiger charge is -2.17. The van der Waals surface area contributed by atoms with Crippen LogP contribution in [0.1, 0.15) is 30.1 Å². The zero-order valence-corrected chi connectivity index (χ0v) is 14.0. The molecule has 7 heteroatoms. The van der Waals surface area contributed by atoms with Crippen LogP contribution in [0.5, 0.6) is 0 Å². The van der Waals surface area contributed by atoms with Gasteiger partial charge in [0.05, 0.1) is 31.6 Å². The Morgan fingerprint density at radius 3 is 2.19 bits per heavy atom. The highest BCUT2D eigenvalue weighted by molar-refractivity contribution is 6.51. The van der Waals surface area contributed by atoms with E-state index < -0.39 is 17.8 Å². The first-order valence-electron chi connectivity index (χ1n) is 6.34. The standard InChI is InChI=1S/C14H12Cl4O3/c1-5-2-6(7(3-5)14(20)21)13(19)10-8(15)4-9(16)11(17)12(10)18/h4-7H,2-3H2,1H3,(H,20,21). The first-order valence-corrected chi connectivity index (χ1v) is 7.85. The molecule has 0 heterocycles. The largest absolute Gasteiger partial charge is 0.481 e. The van der Waals surface area contributed by atoms with E-state index in [2.05, 4.69) is 0 Å². The average Bonchev–Trinajstić information content (AvgIpc) is 2.78. The van der Waals surface area contributed by atoms with E-state index in [1.165, 1.54) is 6.07 Å². The Morgan fingerprint density at radius 1 is 1.05 bits per heavy atom. The van der Waals surface area contributed by atoms with Gasteiger partial charge < -0.3 is 5.11 Å². The fourth-order valence-electron chi connectivity index (χ4n) is 2.83. The van der Waals surface area contributed by atoms with E-state index in [0.717, 1.165) is 0 Å². The SMILES string of the molecule is CC1CC(C(=O)O)C(C(=O)c2c(Cl)cc(Cl)c(Cl)c2Cl)C1. The molecule has 1 aromatic rings. The van der Waals surface area contributed by atoms with Crippen molar-refractivity contribution < 1.29 is 14.7 Å². The third kappa shape index (κ3) is 3.16. The molecule has 3 atom stereocenters. The lowest BCUT2D eigenvalue weighted by Crippen LogP contribution is -2.25. The smallest absolute Gasteiger partial charge is 0.307 e. The number of hydrogen-bond acceptors (Lipinski definition) is 2. The summed E-state index contributed by atoms with van der Waals surface area (Å²) in [6.45, 7) is 1.92. The number of carbonyl (C=O) groups excluding carboxylic acids is 1. The van der Waals surface area contributed by atoms with Crippen molar-refractivity contribution in [2.75, 3.05) is 0 Å². The minimum atomic E-state index is -0.981. The maximum absolute atomic E-state index is 12.7. The quantitative estimate of drug-likeness (QED) is 0.450. The van der Waals surface area contributed by atoms with Crippen molar-refractivity contribution in [3.8, 4) is 0 Å². The van der Waals surface area contributed by atoms with Gasteiger partial charge in [0.25, 0.3) is 0 Å². The maximum atomic E-state index is 12.7. The van der Waals surface area contributed by atoms with Crippen LogP contribution in [0, 0.1) is 17.8 Å². The molecule has 1 aromatic carbocycles. The van der Waals surface area contributed by atoms with Gasteiger partial charge in [-0.15, -0.1) is 0 Å². The summed E-state index contributed by atoms with van der Waals surface area (Å²) in [6, 6.07) is 1.35. The number of Topliss-reactive ketones (excluding diaryl/α,β-unsaturated/α-hetero) is 1. The molecule has 0 bridgehead atoms. The minimum absolute atomic E-state index is 0.0251. The molecule has 1 N–H and O–H groups in total. The molecule has 1 aliphatic carbocycles. The number of benzene rings is 1. The van der Waals surface area contributed by atoms with Crippen molar-refractivity contribution in [3.63, 3.8) is 0 Å². The van der Waals surface area contributed by atoms with Crippen LogP contribution in [-0.4, -0.2) is 16.9 Å². The normalized spacial score (nSPS) is 25.1. The van der Waals surface area contributed by atoms with Gasteiger partial charge in [-0.05, 0) is 24.8 Å². The molecule has 2 rings (SSSR count). The second-order valence-electron chi connectivity index (χ2n) is 5.34. The van der Waals surface area contributed by atoms with E-state index in [1.54, 1.807) is 0 Å². The number of hydrogen-bond donors (Lipinski definition) is 1. The van der Waals surface area contributed by atoms with Crippen molar-refractivity contribution in [2.45, 2.75) is 19.8 Å². The summed E-state index contributed by atoms with van der Waals surface area (Å²) >= 11 is 23.9. The number of carboxylic acid groups (broad SMARTS) is 1. The number of ketones is 1. The highest BCUT2D eigenvalue weighted by Crippen LogP contribution is 2.43. The van der Waals surface area contributed by atoms with E-state index >= 15 is 0 Å². The van der Waals surface area contributed by atoms with Gasteiger partial charge in [-0.3, -0.25) is 9.59 Å². The van der Waals surface area contributed by atoms with Gasteiger partial charge >= 0.3 is 5.97 Å². The molecular weight excluding hydrogens is 358 g/mol. The van der Waals surface area contributed by atoms with Crippen LogP contribution in [0.4, 0.5) is 0 Å². The zero-order chi connectivity index (χ0) is 15.9. The van der Waals surface area contributed by atoms with E-state index in [-0.39, 0.29) is 37.4 Å². The summed E-state index contributed by atoms with van der Waals surface area (Å²) in [4.78, 5) is 24.0. The van der Waals surface area contributed by atoms with Crippen LogP contribution >= 0.6 is 46.4 Å². The minimum Gasteiger partial charge on any atom is -0.481 e. The Morgan fingerprint density at radius 2 is 1.62 bits per heavy atom. The molecule has 0 aliphatic heterocycles. The Bertz CT molecular complexity index is 615. The molecule has 3 unspecified atom stereocenters. The molecule has 3 nitrogen and oxygen atoms in total. The van der Waals surface area contributed by atoms with Crippen LogP contribution in [0.3, 0.4) is 0 Å². The maximum Gasteiger partial charge on any atom is 0.307 e. The van der Waals surface area contributed by atoms with Crippen molar-refractivity contribution in [1.29, 1.82) is 0 Å². The van der Waals surface area contributed by atoms with Gasteiger partial charge in [-0.25, -0.2) is 0 Å². The molecule has 1 fully saturated rings. The van der Waals surface area contributed by atoms with Crippen molar-refractivity contribution in [1.82, 2.24) is 0 Å².